The minimum Gasteiger partial charge on any atom is -0.550 e. The van der Waals surface area contributed by atoms with E-state index in [1.807, 2.05) is 0 Å². The van der Waals surface area contributed by atoms with Crippen molar-refractivity contribution in [3.8, 4) is 0 Å². The van der Waals surface area contributed by atoms with E-state index in [1.54, 1.807) is 0 Å². The molecule has 3 aliphatic rings. The Labute approximate surface area is 240 Å². The van der Waals surface area contributed by atoms with Crippen molar-refractivity contribution < 1.29 is 71.5 Å². The van der Waals surface area contributed by atoms with Crippen LogP contribution in [0.15, 0.2) is 0 Å². The quantitative estimate of drug-likeness (QED) is 0.429. The summed E-state index contributed by atoms with van der Waals surface area (Å²) in [4.78, 5) is 30.8. The van der Waals surface area contributed by atoms with Crippen LogP contribution in [0.25, 0.3) is 0 Å². The second kappa shape index (κ2) is 22.0. The molecule has 3 fully saturated rings. The Kier molecular flexibility index (Phi) is 21.9. The average Bonchev–Trinajstić information content (AvgIpc) is 3.24. The molecular weight excluding hydrogens is 560 g/mol. The smallest absolute Gasteiger partial charge is 0.550 e. The van der Waals surface area contributed by atoms with E-state index in [2.05, 4.69) is 0 Å². The van der Waals surface area contributed by atoms with Gasteiger partial charge < -0.3 is 29.7 Å². The molecular formula is C27H45CeO6. The molecule has 3 rings (SSSR count). The molecule has 0 spiro atoms. The molecule has 1 radical (unpaired) electrons. The third-order valence-electron chi connectivity index (χ3n) is 7.29. The molecule has 193 valence electrons. The molecule has 6 nitrogen and oxygen atoms in total. The predicted octanol–water partition coefficient (Wildman–Crippen LogP) is 3.29. The molecule has 0 aromatic heterocycles. The Balaban J connectivity index is 0.000000473. The van der Waals surface area contributed by atoms with Crippen molar-refractivity contribution in [2.45, 2.75) is 135 Å². The zero-order valence-corrected chi connectivity index (χ0v) is 24.2. The molecule has 0 aromatic rings. The molecule has 0 N–H and O–H groups in total. The second-order valence-electron chi connectivity index (χ2n) is 10.3. The molecule has 0 heterocycles. The van der Waals surface area contributed by atoms with Crippen molar-refractivity contribution in [2.24, 2.45) is 17.8 Å². The Morgan fingerprint density at radius 3 is 0.735 bits per heavy atom. The van der Waals surface area contributed by atoms with Crippen molar-refractivity contribution in [3.63, 3.8) is 0 Å². The number of carboxylic acids is 3. The van der Waals surface area contributed by atoms with Crippen LogP contribution in [0.4, 0.5) is 0 Å². The number of rotatable bonds is 6. The first-order valence-corrected chi connectivity index (χ1v) is 13.5. The minimum atomic E-state index is -0.878. The van der Waals surface area contributed by atoms with Crippen LogP contribution in [-0.4, -0.2) is 17.9 Å². The summed E-state index contributed by atoms with van der Waals surface area (Å²) in [6, 6.07) is 0. The maximum atomic E-state index is 10.3. The summed E-state index contributed by atoms with van der Waals surface area (Å²) in [5.41, 5.74) is 0. The van der Waals surface area contributed by atoms with Crippen LogP contribution in [-0.2, 0) is 14.4 Å². The van der Waals surface area contributed by atoms with Gasteiger partial charge in [0.05, 0.1) is 0 Å². The molecule has 3 aliphatic carbocycles. The van der Waals surface area contributed by atoms with Crippen molar-refractivity contribution in [3.05, 3.63) is 0 Å². The molecule has 0 atom stereocenters. The van der Waals surface area contributed by atoms with Crippen LogP contribution in [0.2, 0.25) is 0 Å². The third-order valence-corrected chi connectivity index (χ3v) is 7.29. The fraction of sp³-hybridized carbons (Fsp3) is 0.889. The summed E-state index contributed by atoms with van der Waals surface area (Å²) in [7, 11) is 0. The number of aliphatic carboxylic acids is 3. The van der Waals surface area contributed by atoms with E-state index >= 15 is 0 Å². The fourth-order valence-electron chi connectivity index (χ4n) is 5.41. The molecule has 0 aliphatic heterocycles. The SMILES string of the molecule is O=C([O-])CC1CCCCCC1.O=C([O-])CC1CCCCCC1.O=C([O-])CC1CCCCCC1.[Ce+3]. The Hall–Kier alpha value is -0.213. The van der Waals surface area contributed by atoms with Crippen LogP contribution >= 0.6 is 0 Å². The van der Waals surface area contributed by atoms with Gasteiger partial charge in [-0.25, -0.2) is 0 Å². The molecule has 0 bridgehead atoms. The normalized spacial score (nSPS) is 20.5. The van der Waals surface area contributed by atoms with Gasteiger partial charge in [0.15, 0.2) is 0 Å². The average molecular weight is 606 g/mol. The second-order valence-corrected chi connectivity index (χ2v) is 10.3. The van der Waals surface area contributed by atoms with E-state index in [1.165, 1.54) is 77.0 Å². The Bertz CT molecular complexity index is 453. The van der Waals surface area contributed by atoms with Crippen molar-refractivity contribution in [1.29, 1.82) is 0 Å². The van der Waals surface area contributed by atoms with Gasteiger partial charge in [0.2, 0.25) is 0 Å². The largest absolute Gasteiger partial charge is 3.00 e. The third kappa shape index (κ3) is 20.0. The molecule has 34 heavy (non-hydrogen) atoms. The summed E-state index contributed by atoms with van der Waals surface area (Å²) in [5, 5.41) is 30.8. The van der Waals surface area contributed by atoms with Crippen LogP contribution in [0.3, 0.4) is 0 Å². The predicted molar refractivity (Wildman–Crippen MR) is 122 cm³/mol. The van der Waals surface area contributed by atoms with Gasteiger partial charge in [-0.1, -0.05) is 116 Å². The number of carbonyl (C=O) groups is 3. The van der Waals surface area contributed by atoms with Gasteiger partial charge in [-0.15, -0.1) is 0 Å². The summed E-state index contributed by atoms with van der Waals surface area (Å²) in [6.45, 7) is 0. The van der Waals surface area contributed by atoms with E-state index in [4.69, 9.17) is 0 Å². The first kappa shape index (κ1) is 33.8. The molecule has 0 saturated heterocycles. The van der Waals surface area contributed by atoms with Crippen LogP contribution < -0.4 is 15.3 Å². The minimum absolute atomic E-state index is 0. The number of carboxylic acid groups (broad SMARTS) is 3. The van der Waals surface area contributed by atoms with Gasteiger partial charge >= 0.3 is 41.7 Å². The summed E-state index contributed by atoms with van der Waals surface area (Å²) >= 11 is 0. The van der Waals surface area contributed by atoms with E-state index in [0.29, 0.717) is 17.8 Å². The van der Waals surface area contributed by atoms with Crippen molar-refractivity contribution >= 4 is 17.9 Å². The van der Waals surface area contributed by atoms with Gasteiger partial charge in [0, 0.05) is 17.9 Å². The summed E-state index contributed by atoms with van der Waals surface area (Å²) in [6.07, 6.45) is 22.3. The maximum absolute atomic E-state index is 10.3. The van der Waals surface area contributed by atoms with E-state index in [0.717, 1.165) is 38.5 Å². The molecule has 0 amide bonds. The first-order chi connectivity index (χ1) is 15.9. The van der Waals surface area contributed by atoms with E-state index in [9.17, 15) is 29.7 Å². The molecule has 7 heteroatoms. The van der Waals surface area contributed by atoms with E-state index < -0.39 is 17.9 Å². The van der Waals surface area contributed by atoms with Crippen molar-refractivity contribution in [1.82, 2.24) is 0 Å². The zero-order valence-electron chi connectivity index (χ0n) is 21.0. The van der Waals surface area contributed by atoms with Crippen molar-refractivity contribution in [2.75, 3.05) is 0 Å². The van der Waals surface area contributed by atoms with Gasteiger partial charge in [0.1, 0.15) is 0 Å². The van der Waals surface area contributed by atoms with Gasteiger partial charge in [-0.05, 0) is 37.0 Å². The van der Waals surface area contributed by atoms with Gasteiger partial charge in [0.25, 0.3) is 0 Å². The molecule has 0 aromatic carbocycles. The van der Waals surface area contributed by atoms with Gasteiger partial charge in [-0.3, -0.25) is 0 Å². The molecule has 0 unspecified atom stereocenters. The standard InChI is InChI=1S/3C9H16O2.Ce/c3*10-9(11)7-8-5-3-1-2-4-6-8;/h3*8H,1-7H2,(H,10,11);/q;;;+3/p-3. The zero-order chi connectivity index (χ0) is 24.3. The van der Waals surface area contributed by atoms with Crippen LogP contribution in [0.1, 0.15) is 135 Å². The number of hydrogen-bond donors (Lipinski definition) is 0. The summed E-state index contributed by atoms with van der Waals surface area (Å²) in [5.74, 6) is -1.42. The number of carbonyl (C=O) groups excluding carboxylic acids is 3. The fourth-order valence-corrected chi connectivity index (χ4v) is 5.41. The number of hydrogen-bond acceptors (Lipinski definition) is 6. The first-order valence-electron chi connectivity index (χ1n) is 13.5. The van der Waals surface area contributed by atoms with Gasteiger partial charge in [-0.2, -0.15) is 0 Å². The monoisotopic (exact) mass is 605 g/mol. The van der Waals surface area contributed by atoms with Crippen LogP contribution in [0, 0.1) is 59.5 Å². The Morgan fingerprint density at radius 2 is 0.588 bits per heavy atom. The maximum Gasteiger partial charge on any atom is 3.00 e. The summed E-state index contributed by atoms with van der Waals surface area (Å²) < 4.78 is 0. The van der Waals surface area contributed by atoms with Crippen LogP contribution in [0.5, 0.6) is 0 Å². The topological polar surface area (TPSA) is 120 Å². The van der Waals surface area contributed by atoms with E-state index in [-0.39, 0.29) is 61.0 Å². The Morgan fingerprint density at radius 1 is 0.412 bits per heavy atom. The molecule has 3 saturated carbocycles.